The van der Waals surface area contributed by atoms with Crippen molar-refractivity contribution in [1.82, 2.24) is 4.90 Å². The van der Waals surface area contributed by atoms with Gasteiger partial charge in [0, 0.05) is 18.6 Å². The van der Waals surface area contributed by atoms with Crippen LogP contribution in [0.4, 0.5) is 0 Å². The zero-order valence-corrected chi connectivity index (χ0v) is 15.3. The number of ether oxygens (including phenoxy) is 1. The maximum Gasteiger partial charge on any atom is 0.307 e. The lowest BCUT2D eigenvalue weighted by Gasteiger charge is -2.35. The number of carbonyl (C=O) groups excluding carboxylic acids is 1. The molecule has 0 unspecified atom stereocenters. The fourth-order valence-electron chi connectivity index (χ4n) is 3.03. The van der Waals surface area contributed by atoms with Gasteiger partial charge < -0.3 is 4.74 Å². The van der Waals surface area contributed by atoms with E-state index in [1.807, 2.05) is 37.3 Å². The van der Waals surface area contributed by atoms with Crippen LogP contribution in [-0.4, -0.2) is 24.0 Å². The molecule has 0 bridgehead atoms. The zero-order valence-electron chi connectivity index (χ0n) is 15.3. The van der Waals surface area contributed by atoms with Crippen molar-refractivity contribution in [2.75, 3.05) is 7.11 Å². The molecule has 2 aromatic carbocycles. The number of benzene rings is 2. The lowest BCUT2D eigenvalue weighted by Crippen LogP contribution is -2.37. The SMILES string of the molecule is C/C=C\[C@H](CC(=O)OC)N(Cc1ccccc1)[C@H](C)c1ccccc1. The molecule has 0 aliphatic rings. The van der Waals surface area contributed by atoms with Gasteiger partial charge in [-0.15, -0.1) is 0 Å². The second-order valence-corrected chi connectivity index (χ2v) is 6.12. The van der Waals surface area contributed by atoms with Crippen molar-refractivity contribution in [3.8, 4) is 0 Å². The van der Waals surface area contributed by atoms with E-state index in [4.69, 9.17) is 4.74 Å². The molecular formula is C22H27NO2. The second-order valence-electron chi connectivity index (χ2n) is 6.12. The van der Waals surface area contributed by atoms with Gasteiger partial charge >= 0.3 is 5.97 Å². The molecule has 0 radical (unpaired) electrons. The predicted molar refractivity (Wildman–Crippen MR) is 102 cm³/mol. The molecule has 0 saturated carbocycles. The highest BCUT2D eigenvalue weighted by atomic mass is 16.5. The van der Waals surface area contributed by atoms with Gasteiger partial charge in [0.2, 0.25) is 0 Å². The Morgan fingerprint density at radius 2 is 1.68 bits per heavy atom. The highest BCUT2D eigenvalue weighted by Gasteiger charge is 2.25. The smallest absolute Gasteiger partial charge is 0.307 e. The van der Waals surface area contributed by atoms with E-state index in [0.717, 1.165) is 6.54 Å². The van der Waals surface area contributed by atoms with Crippen LogP contribution >= 0.6 is 0 Å². The van der Waals surface area contributed by atoms with Crippen molar-refractivity contribution in [3.05, 3.63) is 83.9 Å². The highest BCUT2D eigenvalue weighted by molar-refractivity contribution is 5.70. The Morgan fingerprint density at radius 3 is 2.24 bits per heavy atom. The van der Waals surface area contributed by atoms with E-state index in [1.165, 1.54) is 18.2 Å². The Kier molecular flexibility index (Phi) is 7.42. The van der Waals surface area contributed by atoms with Gasteiger partial charge in [-0.25, -0.2) is 0 Å². The van der Waals surface area contributed by atoms with Crippen LogP contribution < -0.4 is 0 Å². The van der Waals surface area contributed by atoms with Crippen molar-refractivity contribution in [3.63, 3.8) is 0 Å². The summed E-state index contributed by atoms with van der Waals surface area (Å²) in [4.78, 5) is 14.3. The third kappa shape index (κ3) is 5.57. The number of esters is 1. The van der Waals surface area contributed by atoms with Crippen LogP contribution in [-0.2, 0) is 16.1 Å². The minimum atomic E-state index is -0.193. The van der Waals surface area contributed by atoms with Gasteiger partial charge in [-0.2, -0.15) is 0 Å². The largest absolute Gasteiger partial charge is 0.469 e. The molecular weight excluding hydrogens is 310 g/mol. The average molecular weight is 337 g/mol. The van der Waals surface area contributed by atoms with Crippen molar-refractivity contribution in [1.29, 1.82) is 0 Å². The molecule has 0 aliphatic heterocycles. The number of nitrogens with zero attached hydrogens (tertiary/aromatic N) is 1. The lowest BCUT2D eigenvalue weighted by atomic mass is 10.0. The molecule has 25 heavy (non-hydrogen) atoms. The Morgan fingerprint density at radius 1 is 1.08 bits per heavy atom. The summed E-state index contributed by atoms with van der Waals surface area (Å²) in [7, 11) is 1.44. The van der Waals surface area contributed by atoms with Crippen LogP contribution in [0.1, 0.15) is 37.4 Å². The standard InChI is InChI=1S/C22H27NO2/c1-4-11-21(16-22(24)25-3)23(17-19-12-7-5-8-13-19)18(2)20-14-9-6-10-15-20/h4-15,18,21H,16-17H2,1-3H3/b11-4-/t18-,21-/m1/s1. The summed E-state index contributed by atoms with van der Waals surface area (Å²) in [5.74, 6) is -0.193. The first-order valence-electron chi connectivity index (χ1n) is 8.70. The van der Waals surface area contributed by atoms with Crippen molar-refractivity contribution < 1.29 is 9.53 Å². The van der Waals surface area contributed by atoms with E-state index in [0.29, 0.717) is 6.42 Å². The number of rotatable bonds is 8. The third-order valence-corrected chi connectivity index (χ3v) is 4.43. The van der Waals surface area contributed by atoms with Crippen molar-refractivity contribution in [2.45, 2.75) is 38.9 Å². The minimum Gasteiger partial charge on any atom is -0.469 e. The summed E-state index contributed by atoms with van der Waals surface area (Å²) in [5.41, 5.74) is 2.46. The van der Waals surface area contributed by atoms with E-state index in [-0.39, 0.29) is 18.1 Å². The summed E-state index contributed by atoms with van der Waals surface area (Å²) in [6.45, 7) is 4.94. The van der Waals surface area contributed by atoms with E-state index in [1.54, 1.807) is 0 Å². The molecule has 0 aromatic heterocycles. The quantitative estimate of drug-likeness (QED) is 0.514. The Bertz CT molecular complexity index is 667. The summed E-state index contributed by atoms with van der Waals surface area (Å²) in [6.07, 6.45) is 4.42. The maximum atomic E-state index is 11.9. The van der Waals surface area contributed by atoms with Gasteiger partial charge in [-0.05, 0) is 25.0 Å². The molecule has 132 valence electrons. The molecule has 3 heteroatoms. The first-order valence-corrected chi connectivity index (χ1v) is 8.70. The number of carbonyl (C=O) groups is 1. The van der Waals surface area contributed by atoms with Crippen molar-refractivity contribution >= 4 is 5.97 Å². The summed E-state index contributed by atoms with van der Waals surface area (Å²) in [5, 5.41) is 0. The molecule has 2 aromatic rings. The maximum absolute atomic E-state index is 11.9. The summed E-state index contributed by atoms with van der Waals surface area (Å²) in [6, 6.07) is 20.9. The molecule has 0 spiro atoms. The van der Waals surface area contributed by atoms with Gasteiger partial charge in [0.15, 0.2) is 0 Å². The molecule has 3 nitrogen and oxygen atoms in total. The van der Waals surface area contributed by atoms with Crippen LogP contribution in [0, 0.1) is 0 Å². The Hall–Kier alpha value is -2.39. The fourth-order valence-corrected chi connectivity index (χ4v) is 3.03. The van der Waals surface area contributed by atoms with Gasteiger partial charge in [0.05, 0.1) is 13.5 Å². The number of hydrogen-bond acceptors (Lipinski definition) is 3. The van der Waals surface area contributed by atoms with E-state index in [2.05, 4.69) is 54.3 Å². The molecule has 0 amide bonds. The molecule has 0 heterocycles. The minimum absolute atomic E-state index is 0.0205. The Labute approximate surface area is 150 Å². The van der Waals surface area contributed by atoms with Crippen LogP contribution in [0.5, 0.6) is 0 Å². The van der Waals surface area contributed by atoms with Gasteiger partial charge in [0.25, 0.3) is 0 Å². The molecule has 0 N–H and O–H groups in total. The normalized spacial score (nSPS) is 13.8. The third-order valence-electron chi connectivity index (χ3n) is 4.43. The first-order chi connectivity index (χ1) is 12.2. The molecule has 2 atom stereocenters. The van der Waals surface area contributed by atoms with Crippen LogP contribution in [0.15, 0.2) is 72.8 Å². The zero-order chi connectivity index (χ0) is 18.1. The molecule has 0 saturated heterocycles. The van der Waals surface area contributed by atoms with Crippen LogP contribution in [0.3, 0.4) is 0 Å². The van der Waals surface area contributed by atoms with Gasteiger partial charge in [0.1, 0.15) is 0 Å². The molecule has 0 fully saturated rings. The van der Waals surface area contributed by atoms with Crippen molar-refractivity contribution in [2.24, 2.45) is 0 Å². The molecule has 2 rings (SSSR count). The average Bonchev–Trinajstić information content (AvgIpc) is 2.66. The van der Waals surface area contributed by atoms with Gasteiger partial charge in [-0.3, -0.25) is 9.69 Å². The molecule has 0 aliphatic carbocycles. The van der Waals surface area contributed by atoms with E-state index in [9.17, 15) is 4.79 Å². The summed E-state index contributed by atoms with van der Waals surface area (Å²) >= 11 is 0. The number of hydrogen-bond donors (Lipinski definition) is 0. The Balaban J connectivity index is 2.33. The monoisotopic (exact) mass is 337 g/mol. The first kappa shape index (κ1) is 18.9. The van der Waals surface area contributed by atoms with E-state index >= 15 is 0 Å². The van der Waals surface area contributed by atoms with Crippen LogP contribution in [0.2, 0.25) is 0 Å². The number of methoxy groups -OCH3 is 1. The van der Waals surface area contributed by atoms with Crippen LogP contribution in [0.25, 0.3) is 0 Å². The lowest BCUT2D eigenvalue weighted by molar-refractivity contribution is -0.141. The van der Waals surface area contributed by atoms with E-state index < -0.39 is 0 Å². The number of allylic oxidation sites excluding steroid dienone is 1. The predicted octanol–water partition coefficient (Wildman–Crippen LogP) is 4.76. The highest BCUT2D eigenvalue weighted by Crippen LogP contribution is 2.27. The summed E-state index contributed by atoms with van der Waals surface area (Å²) < 4.78 is 4.91. The topological polar surface area (TPSA) is 29.5 Å². The van der Waals surface area contributed by atoms with Gasteiger partial charge in [-0.1, -0.05) is 72.8 Å². The fraction of sp³-hybridized carbons (Fsp3) is 0.318. The second kappa shape index (κ2) is 9.80.